The number of amides is 2. The van der Waals surface area contributed by atoms with Gasteiger partial charge in [0.05, 0.1) is 6.04 Å². The van der Waals surface area contributed by atoms with Gasteiger partial charge in [0, 0.05) is 41.3 Å². The Morgan fingerprint density at radius 1 is 0.903 bits per heavy atom. The number of likely N-dealkylation sites (tertiary alicyclic amines) is 1. The van der Waals surface area contributed by atoms with Crippen LogP contribution in [0.15, 0.2) is 51.4 Å². The third-order valence-electron chi connectivity index (χ3n) is 6.27. The Morgan fingerprint density at radius 2 is 1.61 bits per heavy atom. The van der Waals surface area contributed by atoms with Gasteiger partial charge in [0.25, 0.3) is 0 Å². The number of benzene rings is 2. The van der Waals surface area contributed by atoms with Crippen molar-refractivity contribution in [3.63, 3.8) is 0 Å². The van der Waals surface area contributed by atoms with Crippen LogP contribution in [0, 0.1) is 0 Å². The average molecular weight is 550 g/mol. The smallest absolute Gasteiger partial charge is 0.224 e. The molecule has 2 aromatic carbocycles. The van der Waals surface area contributed by atoms with Crippen molar-refractivity contribution in [1.29, 1.82) is 0 Å². The number of nitrogens with zero attached hydrogens (tertiary/aromatic N) is 2. The second-order valence-electron chi connectivity index (χ2n) is 8.22. The van der Waals surface area contributed by atoms with E-state index in [-0.39, 0.29) is 5.91 Å². The summed E-state index contributed by atoms with van der Waals surface area (Å²) in [6.45, 7) is 1.50. The maximum Gasteiger partial charge on any atom is 0.224 e. The summed E-state index contributed by atoms with van der Waals surface area (Å²) in [6.07, 6.45) is 3.96. The van der Waals surface area contributed by atoms with Crippen molar-refractivity contribution in [2.75, 3.05) is 13.1 Å². The summed E-state index contributed by atoms with van der Waals surface area (Å²) in [5.41, 5.74) is 3.94. The van der Waals surface area contributed by atoms with Crippen molar-refractivity contribution in [2.45, 2.75) is 50.8 Å². The molecule has 5 rings (SSSR count). The topological polar surface area (TPSA) is 60.9 Å². The molecule has 0 radical (unpaired) electrons. The molecule has 3 aliphatic heterocycles. The molecular formula is C24H26Br2N2O3. The zero-order valence-corrected chi connectivity index (χ0v) is 20.4. The van der Waals surface area contributed by atoms with Gasteiger partial charge in [0.1, 0.15) is 6.23 Å². The lowest BCUT2D eigenvalue weighted by Crippen LogP contribution is -2.34. The molecule has 164 valence electrons. The lowest BCUT2D eigenvalue weighted by atomic mass is 9.93. The van der Waals surface area contributed by atoms with Crippen molar-refractivity contribution in [2.24, 2.45) is 0 Å². The molecule has 2 aromatic rings. The van der Waals surface area contributed by atoms with Gasteiger partial charge in [-0.25, -0.2) is 0 Å². The average Bonchev–Trinajstić information content (AvgIpc) is 3.30. The van der Waals surface area contributed by atoms with Crippen molar-refractivity contribution >= 4 is 43.7 Å². The fourth-order valence-electron chi connectivity index (χ4n) is 4.57. The molecule has 31 heavy (non-hydrogen) atoms. The standard InChI is InChI=1S/C12H14BrNO2.C12H12BrNO/c13-10-3-1-9(2-4-10)7-8-14-11(15)5-6-12(14)16;13-9-2-1-8-5-6-14-11(10(8)7-9)3-4-12(14)15/h1-4,11,15H,5-8H2;1-2,7,11H,3-6H2. The van der Waals surface area contributed by atoms with Crippen LogP contribution >= 0.6 is 31.9 Å². The predicted molar refractivity (Wildman–Crippen MR) is 126 cm³/mol. The van der Waals surface area contributed by atoms with Gasteiger partial charge in [0.15, 0.2) is 0 Å². The quantitative estimate of drug-likeness (QED) is 0.608. The van der Waals surface area contributed by atoms with Crippen LogP contribution in [0.25, 0.3) is 0 Å². The number of aliphatic hydroxyl groups excluding tert-OH is 1. The Balaban J connectivity index is 0.000000149. The van der Waals surface area contributed by atoms with Crippen LogP contribution < -0.4 is 0 Å². The van der Waals surface area contributed by atoms with Gasteiger partial charge in [0.2, 0.25) is 11.8 Å². The van der Waals surface area contributed by atoms with Gasteiger partial charge in [-0.1, -0.05) is 50.1 Å². The molecule has 1 N–H and O–H groups in total. The van der Waals surface area contributed by atoms with E-state index in [0.717, 1.165) is 41.2 Å². The highest BCUT2D eigenvalue weighted by molar-refractivity contribution is 9.10. The SMILES string of the molecule is O=C1CCC(O)N1CCc1ccc(Br)cc1.O=C1CCC2c3cc(Br)ccc3CCN12. The third-order valence-corrected chi connectivity index (χ3v) is 7.29. The molecule has 0 aromatic heterocycles. The molecule has 7 heteroatoms. The molecule has 2 saturated heterocycles. The first kappa shape index (κ1) is 22.5. The molecule has 3 heterocycles. The molecule has 0 aliphatic carbocycles. The van der Waals surface area contributed by atoms with Crippen molar-refractivity contribution in [3.05, 3.63) is 68.1 Å². The van der Waals surface area contributed by atoms with Gasteiger partial charge in [-0.2, -0.15) is 0 Å². The summed E-state index contributed by atoms with van der Waals surface area (Å²) < 4.78 is 2.16. The van der Waals surface area contributed by atoms with Crippen LogP contribution in [0.5, 0.6) is 0 Å². The molecule has 2 atom stereocenters. The fraction of sp³-hybridized carbons (Fsp3) is 0.417. The van der Waals surface area contributed by atoms with Gasteiger partial charge in [-0.15, -0.1) is 0 Å². The van der Waals surface area contributed by atoms with E-state index in [4.69, 9.17) is 0 Å². The van der Waals surface area contributed by atoms with Crippen LogP contribution in [-0.4, -0.2) is 46.0 Å². The summed E-state index contributed by atoms with van der Waals surface area (Å²) in [4.78, 5) is 26.6. The minimum absolute atomic E-state index is 0.0598. The number of aliphatic hydroxyl groups is 1. The van der Waals surface area contributed by atoms with Gasteiger partial charge in [-0.3, -0.25) is 9.59 Å². The van der Waals surface area contributed by atoms with Gasteiger partial charge < -0.3 is 14.9 Å². The van der Waals surface area contributed by atoms with Crippen molar-refractivity contribution in [3.8, 4) is 0 Å². The van der Waals surface area contributed by atoms with E-state index in [9.17, 15) is 14.7 Å². The Hall–Kier alpha value is -1.70. The number of rotatable bonds is 3. The number of hydrogen-bond acceptors (Lipinski definition) is 3. The molecule has 2 unspecified atom stereocenters. The van der Waals surface area contributed by atoms with E-state index in [1.807, 2.05) is 29.2 Å². The Labute approximate surface area is 199 Å². The summed E-state index contributed by atoms with van der Waals surface area (Å²) in [5, 5.41) is 9.58. The Bertz CT molecular complexity index is 964. The third kappa shape index (κ3) is 5.21. The maximum absolute atomic E-state index is 11.6. The Kier molecular flexibility index (Phi) is 7.14. The number of hydrogen-bond donors (Lipinski definition) is 1. The first-order valence-corrected chi connectivity index (χ1v) is 12.3. The van der Waals surface area contributed by atoms with Crippen molar-refractivity contribution in [1.82, 2.24) is 9.80 Å². The molecule has 0 bridgehead atoms. The van der Waals surface area contributed by atoms with Crippen LogP contribution in [0.4, 0.5) is 0 Å². The van der Waals surface area contributed by atoms with Crippen LogP contribution in [-0.2, 0) is 22.4 Å². The molecule has 0 saturated carbocycles. The van der Waals surface area contributed by atoms with E-state index >= 15 is 0 Å². The van der Waals surface area contributed by atoms with E-state index in [2.05, 4.69) is 50.1 Å². The lowest BCUT2D eigenvalue weighted by Gasteiger charge is -2.32. The van der Waals surface area contributed by atoms with Crippen LogP contribution in [0.3, 0.4) is 0 Å². The summed E-state index contributed by atoms with van der Waals surface area (Å²) in [7, 11) is 0. The van der Waals surface area contributed by atoms with E-state index < -0.39 is 6.23 Å². The highest BCUT2D eigenvalue weighted by Crippen LogP contribution is 2.39. The monoisotopic (exact) mass is 548 g/mol. The maximum atomic E-state index is 11.6. The highest BCUT2D eigenvalue weighted by Gasteiger charge is 2.35. The molecular weight excluding hydrogens is 524 g/mol. The molecule has 0 spiro atoms. The zero-order valence-electron chi connectivity index (χ0n) is 17.3. The minimum Gasteiger partial charge on any atom is -0.374 e. The highest BCUT2D eigenvalue weighted by atomic mass is 79.9. The van der Waals surface area contributed by atoms with Gasteiger partial charge in [-0.05, 0) is 60.2 Å². The minimum atomic E-state index is -0.581. The number of fused-ring (bicyclic) bond motifs is 3. The first-order valence-electron chi connectivity index (χ1n) is 10.7. The summed E-state index contributed by atoms with van der Waals surface area (Å²) in [6, 6.07) is 14.8. The molecule has 2 fully saturated rings. The largest absolute Gasteiger partial charge is 0.374 e. The normalized spacial score (nSPS) is 22.2. The zero-order chi connectivity index (χ0) is 22.0. The number of carbonyl (C=O) groups excluding carboxylic acids is 2. The van der Waals surface area contributed by atoms with Crippen LogP contribution in [0.2, 0.25) is 0 Å². The fourth-order valence-corrected chi connectivity index (χ4v) is 5.22. The predicted octanol–water partition coefficient (Wildman–Crippen LogP) is 4.60. The summed E-state index contributed by atoms with van der Waals surface area (Å²) >= 11 is 6.88. The summed E-state index contributed by atoms with van der Waals surface area (Å²) in [5.74, 6) is 0.384. The molecule has 3 aliphatic rings. The molecule has 2 amide bonds. The Morgan fingerprint density at radius 3 is 2.32 bits per heavy atom. The van der Waals surface area contributed by atoms with E-state index in [1.54, 1.807) is 4.90 Å². The van der Waals surface area contributed by atoms with Crippen molar-refractivity contribution < 1.29 is 14.7 Å². The number of carbonyl (C=O) groups is 2. The lowest BCUT2D eigenvalue weighted by molar-refractivity contribution is -0.133. The first-order chi connectivity index (χ1) is 14.9. The molecule has 5 nitrogen and oxygen atoms in total. The van der Waals surface area contributed by atoms with Crippen LogP contribution in [0.1, 0.15) is 48.4 Å². The van der Waals surface area contributed by atoms with Gasteiger partial charge >= 0.3 is 0 Å². The second kappa shape index (κ2) is 9.84. The van der Waals surface area contributed by atoms with E-state index in [0.29, 0.717) is 31.3 Å². The number of halogens is 2. The van der Waals surface area contributed by atoms with E-state index in [1.165, 1.54) is 16.7 Å². The second-order valence-corrected chi connectivity index (χ2v) is 10.0.